The van der Waals surface area contributed by atoms with Gasteiger partial charge < -0.3 is 4.98 Å². The Balaban J connectivity index is 2.58. The van der Waals surface area contributed by atoms with Gasteiger partial charge in [-0.1, -0.05) is 0 Å². The van der Waals surface area contributed by atoms with E-state index in [4.69, 9.17) is 0 Å². The lowest BCUT2D eigenvalue weighted by Gasteiger charge is -2.08. The number of nitrogens with one attached hydrogen (secondary N) is 1. The monoisotopic (exact) mass is 213 g/mol. The van der Waals surface area contributed by atoms with Crippen LogP contribution in [0.1, 0.15) is 5.69 Å². The van der Waals surface area contributed by atoms with Gasteiger partial charge in [-0.15, -0.1) is 0 Å². The maximum absolute atomic E-state index is 12.5. The number of imidazole rings is 1. The molecule has 0 unspecified atom stereocenters. The Kier molecular flexibility index (Phi) is 2.18. The van der Waals surface area contributed by atoms with Crippen LogP contribution >= 0.6 is 0 Å². The Hall–Kier alpha value is -1.85. The maximum Gasteiger partial charge on any atom is 0.434 e. The summed E-state index contributed by atoms with van der Waals surface area (Å²) < 4.78 is 37.6. The fraction of sp³-hybridized carbons (Fsp3) is 0.111. The van der Waals surface area contributed by atoms with Crippen molar-refractivity contribution in [2.45, 2.75) is 6.18 Å². The summed E-state index contributed by atoms with van der Waals surface area (Å²) in [5.74, 6) is 0. The first-order chi connectivity index (χ1) is 7.09. The Bertz CT molecular complexity index is 448. The number of aromatic nitrogens is 3. The van der Waals surface area contributed by atoms with Crippen molar-refractivity contribution in [3.8, 4) is 11.3 Å². The molecule has 0 saturated carbocycles. The Labute approximate surface area is 83.0 Å². The molecule has 2 heterocycles. The van der Waals surface area contributed by atoms with Crippen molar-refractivity contribution in [2.24, 2.45) is 0 Å². The minimum absolute atomic E-state index is 0.0220. The minimum Gasteiger partial charge on any atom is -0.351 e. The summed E-state index contributed by atoms with van der Waals surface area (Å²) in [7, 11) is 0. The number of hydrogen-bond donors (Lipinski definition) is 1. The molecule has 0 aliphatic rings. The molecule has 0 amide bonds. The van der Waals surface area contributed by atoms with Gasteiger partial charge >= 0.3 is 6.18 Å². The van der Waals surface area contributed by atoms with Gasteiger partial charge in [-0.25, -0.2) is 4.98 Å². The summed E-state index contributed by atoms with van der Waals surface area (Å²) in [5.41, 5.74) is -0.709. The molecule has 2 aromatic rings. The minimum atomic E-state index is -4.46. The molecule has 15 heavy (non-hydrogen) atoms. The number of nitrogens with zero attached hydrogens (tertiary/aromatic N) is 2. The third kappa shape index (κ3) is 1.83. The van der Waals surface area contributed by atoms with Crippen LogP contribution in [0.5, 0.6) is 0 Å². The summed E-state index contributed by atoms with van der Waals surface area (Å²) in [5, 5.41) is 0. The number of aromatic amines is 1. The molecule has 0 aliphatic heterocycles. The highest BCUT2D eigenvalue weighted by Crippen LogP contribution is 2.34. The molecule has 0 fully saturated rings. The molecule has 3 nitrogen and oxygen atoms in total. The second kappa shape index (κ2) is 3.38. The molecule has 1 N–H and O–H groups in total. The predicted molar refractivity (Wildman–Crippen MR) is 46.8 cm³/mol. The van der Waals surface area contributed by atoms with E-state index in [2.05, 4.69) is 15.0 Å². The largest absolute Gasteiger partial charge is 0.434 e. The number of halogens is 3. The highest BCUT2D eigenvalue weighted by atomic mass is 19.4. The summed E-state index contributed by atoms with van der Waals surface area (Å²) >= 11 is 0. The first-order valence-corrected chi connectivity index (χ1v) is 4.10. The van der Waals surface area contributed by atoms with Crippen molar-refractivity contribution in [3.63, 3.8) is 0 Å². The van der Waals surface area contributed by atoms with Crippen LogP contribution < -0.4 is 0 Å². The SMILES string of the molecule is FC(F)(F)c1ncccc1-c1c[nH]cn1. The zero-order valence-electron chi connectivity index (χ0n) is 7.42. The Morgan fingerprint density at radius 3 is 2.60 bits per heavy atom. The van der Waals surface area contributed by atoms with E-state index < -0.39 is 11.9 Å². The van der Waals surface area contributed by atoms with E-state index in [1.165, 1.54) is 24.7 Å². The van der Waals surface area contributed by atoms with E-state index in [1.807, 2.05) is 0 Å². The molecule has 0 aliphatic carbocycles. The zero-order valence-corrected chi connectivity index (χ0v) is 7.42. The quantitative estimate of drug-likeness (QED) is 0.790. The van der Waals surface area contributed by atoms with Crippen LogP contribution in [0.2, 0.25) is 0 Å². The second-order valence-electron chi connectivity index (χ2n) is 2.85. The number of H-pyrrole nitrogens is 1. The van der Waals surface area contributed by atoms with Crippen LogP contribution in [0.3, 0.4) is 0 Å². The Morgan fingerprint density at radius 1 is 1.20 bits per heavy atom. The van der Waals surface area contributed by atoms with E-state index in [1.54, 1.807) is 0 Å². The van der Waals surface area contributed by atoms with Gasteiger partial charge in [-0.2, -0.15) is 13.2 Å². The van der Waals surface area contributed by atoms with Gasteiger partial charge in [0.1, 0.15) is 0 Å². The van der Waals surface area contributed by atoms with E-state index in [0.29, 0.717) is 0 Å². The molecular formula is C9H6F3N3. The highest BCUT2D eigenvalue weighted by molar-refractivity contribution is 5.61. The van der Waals surface area contributed by atoms with Gasteiger partial charge in [0.15, 0.2) is 5.69 Å². The van der Waals surface area contributed by atoms with Gasteiger partial charge in [0.05, 0.1) is 12.0 Å². The molecular weight excluding hydrogens is 207 g/mol. The molecule has 78 valence electrons. The third-order valence-electron chi connectivity index (χ3n) is 1.85. The first-order valence-electron chi connectivity index (χ1n) is 4.10. The number of hydrogen-bond acceptors (Lipinski definition) is 2. The van der Waals surface area contributed by atoms with Crippen LogP contribution in [-0.4, -0.2) is 15.0 Å². The van der Waals surface area contributed by atoms with Gasteiger partial charge in [0.25, 0.3) is 0 Å². The van der Waals surface area contributed by atoms with E-state index in [9.17, 15) is 13.2 Å². The van der Waals surface area contributed by atoms with Gasteiger partial charge in [0, 0.05) is 18.0 Å². The van der Waals surface area contributed by atoms with E-state index in [0.717, 1.165) is 6.20 Å². The lowest BCUT2D eigenvalue weighted by Crippen LogP contribution is -2.09. The van der Waals surface area contributed by atoms with Crippen LogP contribution in [-0.2, 0) is 6.18 Å². The lowest BCUT2D eigenvalue weighted by molar-refractivity contribution is -0.140. The molecule has 0 aromatic carbocycles. The molecule has 0 radical (unpaired) electrons. The van der Waals surface area contributed by atoms with Crippen molar-refractivity contribution in [3.05, 3.63) is 36.5 Å². The molecule has 0 saturated heterocycles. The average molecular weight is 213 g/mol. The van der Waals surface area contributed by atoms with Gasteiger partial charge in [-0.05, 0) is 12.1 Å². The topological polar surface area (TPSA) is 41.6 Å². The number of rotatable bonds is 1. The molecule has 0 spiro atoms. The average Bonchev–Trinajstić information content (AvgIpc) is 2.69. The van der Waals surface area contributed by atoms with E-state index >= 15 is 0 Å². The first kappa shape index (κ1) is 9.70. The number of alkyl halides is 3. The van der Waals surface area contributed by atoms with E-state index in [-0.39, 0.29) is 11.3 Å². The fourth-order valence-corrected chi connectivity index (χ4v) is 1.25. The molecule has 2 aromatic heterocycles. The van der Waals surface area contributed by atoms with Crippen molar-refractivity contribution < 1.29 is 13.2 Å². The number of pyridine rings is 1. The molecule has 6 heteroatoms. The fourth-order valence-electron chi connectivity index (χ4n) is 1.25. The summed E-state index contributed by atoms with van der Waals surface area (Å²) in [4.78, 5) is 9.69. The molecule has 0 bridgehead atoms. The van der Waals surface area contributed by atoms with Crippen molar-refractivity contribution in [1.29, 1.82) is 0 Å². The van der Waals surface area contributed by atoms with Crippen LogP contribution in [0.4, 0.5) is 13.2 Å². The summed E-state index contributed by atoms with van der Waals surface area (Å²) in [6.45, 7) is 0. The smallest absolute Gasteiger partial charge is 0.351 e. The zero-order chi connectivity index (χ0) is 10.9. The standard InChI is InChI=1S/C9H6F3N3/c10-9(11,12)8-6(2-1-3-14-8)7-4-13-5-15-7/h1-5H,(H,13,15). The normalized spacial score (nSPS) is 11.7. The predicted octanol–water partition coefficient (Wildman–Crippen LogP) is 2.49. The van der Waals surface area contributed by atoms with Crippen LogP contribution in [0, 0.1) is 0 Å². The molecule has 0 atom stereocenters. The van der Waals surface area contributed by atoms with Crippen LogP contribution in [0.25, 0.3) is 11.3 Å². The highest BCUT2D eigenvalue weighted by Gasteiger charge is 2.35. The van der Waals surface area contributed by atoms with Crippen molar-refractivity contribution in [2.75, 3.05) is 0 Å². The lowest BCUT2D eigenvalue weighted by atomic mass is 10.1. The maximum atomic E-state index is 12.5. The van der Waals surface area contributed by atoms with Gasteiger partial charge in [-0.3, -0.25) is 4.98 Å². The summed E-state index contributed by atoms with van der Waals surface area (Å²) in [6.07, 6.45) is -0.636. The van der Waals surface area contributed by atoms with Crippen LogP contribution in [0.15, 0.2) is 30.9 Å². The van der Waals surface area contributed by atoms with Gasteiger partial charge in [0.2, 0.25) is 0 Å². The third-order valence-corrected chi connectivity index (χ3v) is 1.85. The molecule has 2 rings (SSSR count). The Morgan fingerprint density at radius 2 is 2.00 bits per heavy atom. The summed E-state index contributed by atoms with van der Waals surface area (Å²) in [6, 6.07) is 2.78. The van der Waals surface area contributed by atoms with Crippen molar-refractivity contribution in [1.82, 2.24) is 15.0 Å². The van der Waals surface area contributed by atoms with Crippen molar-refractivity contribution >= 4 is 0 Å². The second-order valence-corrected chi connectivity index (χ2v) is 2.85.